The summed E-state index contributed by atoms with van der Waals surface area (Å²) in [6, 6.07) is 0. The first-order valence-electron chi connectivity index (χ1n) is 8.44. The molecular weight excluding hydrogens is 276 g/mol. The molecule has 3 heteroatoms. The lowest BCUT2D eigenvalue weighted by Gasteiger charge is -2.44. The number of hydrogen-bond acceptors (Lipinski definition) is 3. The molecule has 0 aromatic heterocycles. The standard InChI is InChI=1S/C18H40N2S/c1-11-17(7,20-10)14-18(8,12-2)21-16(5,6)13-15(3,4)19-9/h19-20H,11-14H2,1-10H3. The van der Waals surface area contributed by atoms with Crippen LogP contribution in [0.1, 0.15) is 81.1 Å². The zero-order valence-electron chi connectivity index (χ0n) is 16.2. The van der Waals surface area contributed by atoms with Crippen molar-refractivity contribution in [3.63, 3.8) is 0 Å². The van der Waals surface area contributed by atoms with Crippen LogP contribution in [0, 0.1) is 0 Å². The van der Waals surface area contributed by atoms with Crippen molar-refractivity contribution in [2.45, 2.75) is 102 Å². The van der Waals surface area contributed by atoms with E-state index in [1.54, 1.807) is 0 Å². The number of nitrogens with one attached hydrogen (secondary N) is 2. The van der Waals surface area contributed by atoms with Gasteiger partial charge in [-0.1, -0.05) is 34.6 Å². The molecule has 0 rings (SSSR count). The molecule has 0 amide bonds. The Morgan fingerprint density at radius 2 is 1.29 bits per heavy atom. The highest BCUT2D eigenvalue weighted by Crippen LogP contribution is 2.46. The molecule has 0 aromatic rings. The van der Waals surface area contributed by atoms with Crippen LogP contribution >= 0.6 is 11.8 Å². The van der Waals surface area contributed by atoms with Crippen molar-refractivity contribution in [3.8, 4) is 0 Å². The average Bonchev–Trinajstić information content (AvgIpc) is 2.36. The first kappa shape index (κ1) is 21.3. The average molecular weight is 317 g/mol. The maximum Gasteiger partial charge on any atom is 0.0160 e. The van der Waals surface area contributed by atoms with Gasteiger partial charge in [0.2, 0.25) is 0 Å². The van der Waals surface area contributed by atoms with Crippen LogP contribution in [-0.2, 0) is 0 Å². The van der Waals surface area contributed by atoms with Gasteiger partial charge < -0.3 is 10.6 Å². The smallest absolute Gasteiger partial charge is 0.0160 e. The second kappa shape index (κ2) is 7.70. The van der Waals surface area contributed by atoms with E-state index in [0.29, 0.717) is 4.75 Å². The summed E-state index contributed by atoms with van der Waals surface area (Å²) in [6.07, 6.45) is 4.75. The lowest BCUT2D eigenvalue weighted by molar-refractivity contribution is 0.302. The van der Waals surface area contributed by atoms with Crippen LogP contribution in [0.5, 0.6) is 0 Å². The van der Waals surface area contributed by atoms with E-state index in [2.05, 4.69) is 91.9 Å². The monoisotopic (exact) mass is 316 g/mol. The minimum Gasteiger partial charge on any atom is -0.315 e. The highest BCUT2D eigenvalue weighted by Gasteiger charge is 2.39. The zero-order chi connectivity index (χ0) is 16.9. The van der Waals surface area contributed by atoms with E-state index in [1.165, 1.54) is 25.7 Å². The fourth-order valence-electron chi connectivity index (χ4n) is 3.30. The summed E-state index contributed by atoms with van der Waals surface area (Å²) < 4.78 is 0.570. The van der Waals surface area contributed by atoms with E-state index < -0.39 is 0 Å². The third-order valence-electron chi connectivity index (χ3n) is 4.96. The normalized spacial score (nSPS) is 19.1. The minimum atomic E-state index is 0.183. The molecule has 0 bridgehead atoms. The second-order valence-electron chi connectivity index (χ2n) is 8.32. The highest BCUT2D eigenvalue weighted by molar-refractivity contribution is 8.01. The second-order valence-corrected chi connectivity index (χ2v) is 10.6. The van der Waals surface area contributed by atoms with Crippen molar-refractivity contribution in [2.24, 2.45) is 0 Å². The van der Waals surface area contributed by atoms with Gasteiger partial charge in [0.1, 0.15) is 0 Å². The fourth-order valence-corrected chi connectivity index (χ4v) is 5.61. The third kappa shape index (κ3) is 7.38. The lowest BCUT2D eigenvalue weighted by atomic mass is 9.86. The van der Waals surface area contributed by atoms with Crippen molar-refractivity contribution in [3.05, 3.63) is 0 Å². The van der Waals surface area contributed by atoms with E-state index in [9.17, 15) is 0 Å². The highest BCUT2D eigenvalue weighted by atomic mass is 32.2. The Morgan fingerprint density at radius 3 is 1.62 bits per heavy atom. The molecule has 2 N–H and O–H groups in total. The molecule has 0 aliphatic carbocycles. The molecule has 0 saturated heterocycles. The molecule has 0 heterocycles. The lowest BCUT2D eigenvalue weighted by Crippen LogP contribution is -2.47. The van der Waals surface area contributed by atoms with Crippen molar-refractivity contribution < 1.29 is 0 Å². The first-order valence-corrected chi connectivity index (χ1v) is 9.26. The first-order chi connectivity index (χ1) is 9.36. The predicted octanol–water partition coefficient (Wildman–Crippen LogP) is 4.83. The predicted molar refractivity (Wildman–Crippen MR) is 100 cm³/mol. The van der Waals surface area contributed by atoms with Crippen LogP contribution in [0.4, 0.5) is 0 Å². The molecule has 0 aliphatic heterocycles. The van der Waals surface area contributed by atoms with Gasteiger partial charge in [0, 0.05) is 20.6 Å². The minimum absolute atomic E-state index is 0.183. The van der Waals surface area contributed by atoms with Crippen molar-refractivity contribution in [1.29, 1.82) is 0 Å². The van der Waals surface area contributed by atoms with Gasteiger partial charge in [-0.2, -0.15) is 0 Å². The van der Waals surface area contributed by atoms with Crippen molar-refractivity contribution >= 4 is 11.8 Å². The summed E-state index contributed by atoms with van der Waals surface area (Å²) >= 11 is 2.17. The Morgan fingerprint density at radius 1 is 0.762 bits per heavy atom. The molecule has 21 heavy (non-hydrogen) atoms. The summed E-state index contributed by atoms with van der Waals surface area (Å²) in [7, 11) is 4.16. The summed E-state index contributed by atoms with van der Waals surface area (Å²) in [5, 5.41) is 6.98. The summed E-state index contributed by atoms with van der Waals surface area (Å²) in [6.45, 7) is 18.8. The maximum absolute atomic E-state index is 3.54. The van der Waals surface area contributed by atoms with Crippen molar-refractivity contribution in [1.82, 2.24) is 10.6 Å². The Labute approximate surface area is 138 Å². The molecule has 0 radical (unpaired) electrons. The summed E-state index contributed by atoms with van der Waals surface area (Å²) in [5.41, 5.74) is 0.411. The van der Waals surface area contributed by atoms with E-state index in [4.69, 9.17) is 0 Å². The Kier molecular flexibility index (Phi) is 7.80. The molecular formula is C18H40N2S. The van der Waals surface area contributed by atoms with Gasteiger partial charge >= 0.3 is 0 Å². The van der Waals surface area contributed by atoms with E-state index in [0.717, 1.165) is 0 Å². The van der Waals surface area contributed by atoms with Crippen LogP contribution in [-0.4, -0.2) is 34.7 Å². The zero-order valence-corrected chi connectivity index (χ0v) is 17.1. The SMILES string of the molecule is CCC(C)(CC(C)(CC)SC(C)(C)CC(C)(C)NC)NC. The number of hydrogen-bond donors (Lipinski definition) is 2. The van der Waals surface area contributed by atoms with Crippen LogP contribution in [0.15, 0.2) is 0 Å². The van der Waals surface area contributed by atoms with Gasteiger partial charge in [0.05, 0.1) is 0 Å². The molecule has 0 fully saturated rings. The Bertz CT molecular complexity index is 308. The van der Waals surface area contributed by atoms with Gasteiger partial charge in [-0.05, 0) is 60.5 Å². The van der Waals surface area contributed by atoms with Gasteiger partial charge in [-0.25, -0.2) is 0 Å². The molecule has 2 atom stereocenters. The van der Waals surface area contributed by atoms with E-state index in [-0.39, 0.29) is 15.8 Å². The van der Waals surface area contributed by atoms with Gasteiger partial charge in [0.15, 0.2) is 0 Å². The Hall–Kier alpha value is 0.270. The Balaban J connectivity index is 5.03. The third-order valence-corrected chi connectivity index (χ3v) is 6.59. The van der Waals surface area contributed by atoms with Gasteiger partial charge in [-0.3, -0.25) is 0 Å². The molecule has 128 valence electrons. The van der Waals surface area contributed by atoms with E-state index in [1.807, 2.05) is 0 Å². The quantitative estimate of drug-likeness (QED) is 0.603. The van der Waals surface area contributed by atoms with Gasteiger partial charge in [-0.15, -0.1) is 11.8 Å². The van der Waals surface area contributed by atoms with Crippen LogP contribution < -0.4 is 10.6 Å². The van der Waals surface area contributed by atoms with Crippen LogP contribution in [0.3, 0.4) is 0 Å². The number of rotatable bonds is 10. The fraction of sp³-hybridized carbons (Fsp3) is 1.00. The maximum atomic E-state index is 3.54. The summed E-state index contributed by atoms with van der Waals surface area (Å²) in [5.74, 6) is 0. The van der Waals surface area contributed by atoms with Crippen LogP contribution in [0.25, 0.3) is 0 Å². The van der Waals surface area contributed by atoms with Crippen LogP contribution in [0.2, 0.25) is 0 Å². The molecule has 0 aromatic carbocycles. The topological polar surface area (TPSA) is 24.1 Å². The molecule has 0 saturated carbocycles. The molecule has 2 nitrogen and oxygen atoms in total. The molecule has 2 unspecified atom stereocenters. The summed E-state index contributed by atoms with van der Waals surface area (Å²) in [4.78, 5) is 0. The largest absolute Gasteiger partial charge is 0.315 e. The molecule has 0 spiro atoms. The van der Waals surface area contributed by atoms with E-state index >= 15 is 0 Å². The van der Waals surface area contributed by atoms with Crippen molar-refractivity contribution in [2.75, 3.05) is 14.1 Å². The van der Waals surface area contributed by atoms with Gasteiger partial charge in [0.25, 0.3) is 0 Å². The molecule has 0 aliphatic rings. The number of thioether (sulfide) groups is 1.